The Labute approximate surface area is 97.0 Å². The number of hydrogen-bond acceptors (Lipinski definition) is 1. The molecular formula is C13H16ClN. The first kappa shape index (κ1) is 11.9. The van der Waals surface area contributed by atoms with Gasteiger partial charge in [0.05, 0.1) is 4.87 Å². The highest BCUT2D eigenvalue weighted by atomic mass is 35.5. The second kappa shape index (κ2) is 4.59. The van der Waals surface area contributed by atoms with E-state index in [0.29, 0.717) is 0 Å². The largest absolute Gasteiger partial charge is 0.378 e. The van der Waals surface area contributed by atoms with E-state index in [1.807, 2.05) is 52.2 Å². The zero-order chi connectivity index (χ0) is 11.5. The Bertz CT molecular complexity index is 374. The molecule has 0 radical (unpaired) electrons. The molecule has 0 aliphatic heterocycles. The van der Waals surface area contributed by atoms with Crippen LogP contribution < -0.4 is 4.90 Å². The van der Waals surface area contributed by atoms with Crippen LogP contribution >= 0.6 is 11.6 Å². The van der Waals surface area contributed by atoms with Crippen molar-refractivity contribution in [2.24, 2.45) is 0 Å². The van der Waals surface area contributed by atoms with Gasteiger partial charge in [0, 0.05) is 25.3 Å². The van der Waals surface area contributed by atoms with Crippen molar-refractivity contribution in [1.82, 2.24) is 0 Å². The molecule has 1 rings (SSSR count). The van der Waals surface area contributed by atoms with Gasteiger partial charge in [0.1, 0.15) is 0 Å². The van der Waals surface area contributed by atoms with Crippen LogP contribution in [0.3, 0.4) is 0 Å². The predicted octanol–water partition coefficient (Wildman–Crippen LogP) is 3.12. The van der Waals surface area contributed by atoms with E-state index >= 15 is 0 Å². The molecule has 0 unspecified atom stereocenters. The average molecular weight is 222 g/mol. The van der Waals surface area contributed by atoms with E-state index in [0.717, 1.165) is 5.56 Å². The van der Waals surface area contributed by atoms with E-state index in [9.17, 15) is 0 Å². The fourth-order valence-electron chi connectivity index (χ4n) is 1.06. The van der Waals surface area contributed by atoms with Gasteiger partial charge in [-0.1, -0.05) is 11.8 Å². The van der Waals surface area contributed by atoms with E-state index in [2.05, 4.69) is 16.7 Å². The van der Waals surface area contributed by atoms with Crippen molar-refractivity contribution in [1.29, 1.82) is 0 Å². The minimum atomic E-state index is -0.458. The topological polar surface area (TPSA) is 3.24 Å². The lowest BCUT2D eigenvalue weighted by atomic mass is 10.1. The van der Waals surface area contributed by atoms with Gasteiger partial charge in [-0.3, -0.25) is 0 Å². The lowest BCUT2D eigenvalue weighted by Crippen LogP contribution is -2.08. The van der Waals surface area contributed by atoms with Gasteiger partial charge < -0.3 is 4.90 Å². The summed E-state index contributed by atoms with van der Waals surface area (Å²) in [5.74, 6) is 6.04. The molecule has 0 atom stereocenters. The number of nitrogens with zero attached hydrogens (tertiary/aromatic N) is 1. The van der Waals surface area contributed by atoms with Crippen molar-refractivity contribution in [3.63, 3.8) is 0 Å². The molecule has 0 N–H and O–H groups in total. The number of hydrogen-bond donors (Lipinski definition) is 0. The van der Waals surface area contributed by atoms with E-state index in [1.165, 1.54) is 5.69 Å². The molecule has 0 aliphatic carbocycles. The van der Waals surface area contributed by atoms with Crippen LogP contribution in [0.4, 0.5) is 5.69 Å². The van der Waals surface area contributed by atoms with E-state index in [1.54, 1.807) is 0 Å². The molecule has 80 valence electrons. The van der Waals surface area contributed by atoms with Crippen molar-refractivity contribution >= 4 is 17.3 Å². The molecule has 0 heterocycles. The molecule has 0 spiro atoms. The summed E-state index contributed by atoms with van der Waals surface area (Å²) in [6.45, 7) is 3.77. The third-order valence-corrected chi connectivity index (χ3v) is 1.98. The smallest absolute Gasteiger partial charge is 0.0997 e. The second-order valence-electron chi connectivity index (χ2n) is 4.16. The number of rotatable bonds is 1. The van der Waals surface area contributed by atoms with E-state index < -0.39 is 4.87 Å². The molecule has 1 nitrogen and oxygen atoms in total. The molecule has 0 aliphatic rings. The summed E-state index contributed by atoms with van der Waals surface area (Å²) in [4.78, 5) is 1.60. The lowest BCUT2D eigenvalue weighted by Gasteiger charge is -2.11. The van der Waals surface area contributed by atoms with Crippen molar-refractivity contribution in [3.05, 3.63) is 29.8 Å². The average Bonchev–Trinajstić information content (AvgIpc) is 2.14. The first-order valence-corrected chi connectivity index (χ1v) is 5.26. The first-order valence-electron chi connectivity index (χ1n) is 4.88. The zero-order valence-corrected chi connectivity index (χ0v) is 10.4. The van der Waals surface area contributed by atoms with Crippen LogP contribution in [0, 0.1) is 11.8 Å². The SMILES string of the molecule is CN(C)c1ccc(C#CC(C)(C)Cl)cc1. The fourth-order valence-corrected chi connectivity index (χ4v) is 1.11. The second-order valence-corrected chi connectivity index (χ2v) is 5.11. The van der Waals surface area contributed by atoms with Gasteiger partial charge in [-0.25, -0.2) is 0 Å². The molecule has 0 saturated carbocycles. The molecule has 2 heteroatoms. The molecule has 0 amide bonds. The van der Waals surface area contributed by atoms with Crippen molar-refractivity contribution < 1.29 is 0 Å². The maximum atomic E-state index is 5.98. The highest BCUT2D eigenvalue weighted by Crippen LogP contribution is 2.13. The van der Waals surface area contributed by atoms with Gasteiger partial charge in [0.25, 0.3) is 0 Å². The van der Waals surface area contributed by atoms with Crippen LogP contribution in [0.25, 0.3) is 0 Å². The van der Waals surface area contributed by atoms with Gasteiger partial charge >= 0.3 is 0 Å². The maximum Gasteiger partial charge on any atom is 0.0997 e. The van der Waals surface area contributed by atoms with Gasteiger partial charge in [-0.15, -0.1) is 11.6 Å². The lowest BCUT2D eigenvalue weighted by molar-refractivity contribution is 0.917. The fraction of sp³-hybridized carbons (Fsp3) is 0.385. The Kier molecular flexibility index (Phi) is 3.66. The van der Waals surface area contributed by atoms with Crippen molar-refractivity contribution in [2.45, 2.75) is 18.7 Å². The molecule has 0 fully saturated rings. The van der Waals surface area contributed by atoms with Crippen LogP contribution in [0.15, 0.2) is 24.3 Å². The number of halogens is 1. The van der Waals surface area contributed by atoms with Gasteiger partial charge in [-0.05, 0) is 38.1 Å². The predicted molar refractivity (Wildman–Crippen MR) is 67.6 cm³/mol. The molecule has 15 heavy (non-hydrogen) atoms. The Hall–Kier alpha value is -1.13. The monoisotopic (exact) mass is 221 g/mol. The van der Waals surface area contributed by atoms with Crippen LogP contribution in [0.1, 0.15) is 19.4 Å². The minimum Gasteiger partial charge on any atom is -0.378 e. The van der Waals surface area contributed by atoms with E-state index in [-0.39, 0.29) is 0 Å². The molecule has 0 bridgehead atoms. The molecule has 1 aromatic carbocycles. The molecular weight excluding hydrogens is 206 g/mol. The summed E-state index contributed by atoms with van der Waals surface area (Å²) in [6, 6.07) is 8.10. The number of alkyl halides is 1. The van der Waals surface area contributed by atoms with Crippen molar-refractivity contribution in [2.75, 3.05) is 19.0 Å². The quantitative estimate of drug-likeness (QED) is 0.520. The minimum absolute atomic E-state index is 0.458. The highest BCUT2D eigenvalue weighted by molar-refractivity contribution is 6.25. The summed E-state index contributed by atoms with van der Waals surface area (Å²) in [7, 11) is 4.03. The van der Waals surface area contributed by atoms with E-state index in [4.69, 9.17) is 11.6 Å². The molecule has 1 aromatic rings. The van der Waals surface area contributed by atoms with Gasteiger partial charge in [-0.2, -0.15) is 0 Å². The Morgan fingerprint density at radius 2 is 1.67 bits per heavy atom. The van der Waals surface area contributed by atoms with Crippen molar-refractivity contribution in [3.8, 4) is 11.8 Å². The summed E-state index contributed by atoms with van der Waals surface area (Å²) < 4.78 is 0. The van der Waals surface area contributed by atoms with Crippen LogP contribution in [0.5, 0.6) is 0 Å². The standard InChI is InChI=1S/C13H16ClN/c1-13(2,14)10-9-11-5-7-12(8-6-11)15(3)4/h5-8H,1-4H3. The number of anilines is 1. The summed E-state index contributed by atoms with van der Waals surface area (Å²) in [5, 5.41) is 0. The summed E-state index contributed by atoms with van der Waals surface area (Å²) in [5.41, 5.74) is 2.17. The number of benzene rings is 1. The highest BCUT2D eigenvalue weighted by Gasteiger charge is 2.06. The molecule has 0 saturated heterocycles. The summed E-state index contributed by atoms with van der Waals surface area (Å²) >= 11 is 5.98. The third kappa shape index (κ3) is 4.27. The van der Waals surface area contributed by atoms with Gasteiger partial charge in [0.2, 0.25) is 0 Å². The van der Waals surface area contributed by atoms with Gasteiger partial charge in [0.15, 0.2) is 0 Å². The summed E-state index contributed by atoms with van der Waals surface area (Å²) in [6.07, 6.45) is 0. The Balaban J connectivity index is 2.85. The third-order valence-electron chi connectivity index (χ3n) is 1.89. The van der Waals surface area contributed by atoms with Crippen LogP contribution in [0.2, 0.25) is 0 Å². The Morgan fingerprint density at radius 3 is 2.07 bits per heavy atom. The maximum absolute atomic E-state index is 5.98. The first-order chi connectivity index (χ1) is 6.88. The zero-order valence-electron chi connectivity index (χ0n) is 9.63. The van der Waals surface area contributed by atoms with Crippen LogP contribution in [-0.2, 0) is 0 Å². The Morgan fingerprint density at radius 1 is 1.13 bits per heavy atom. The molecule has 0 aromatic heterocycles. The normalized spacial score (nSPS) is 10.5. The van der Waals surface area contributed by atoms with Crippen LogP contribution in [-0.4, -0.2) is 19.0 Å².